The Balaban J connectivity index is 1.87. The largest absolute Gasteiger partial charge is 0.484 e. The molecule has 2 rings (SSSR count). The SMILES string of the molecule is CCc1ccccc1NC(=O)CN(C)C(=O)COc1ccc(C(C)C)c(C)c1. The van der Waals surface area contributed by atoms with Crippen molar-refractivity contribution in [2.75, 3.05) is 25.5 Å². The van der Waals surface area contributed by atoms with E-state index in [-0.39, 0.29) is 25.0 Å². The van der Waals surface area contributed by atoms with Crippen molar-refractivity contribution in [3.8, 4) is 5.75 Å². The topological polar surface area (TPSA) is 58.6 Å². The monoisotopic (exact) mass is 382 g/mol. The number of anilines is 1. The van der Waals surface area contributed by atoms with E-state index >= 15 is 0 Å². The van der Waals surface area contributed by atoms with Crippen LogP contribution >= 0.6 is 0 Å². The van der Waals surface area contributed by atoms with Crippen molar-refractivity contribution in [1.82, 2.24) is 4.90 Å². The molecule has 0 radical (unpaired) electrons. The Morgan fingerprint density at radius 3 is 2.50 bits per heavy atom. The van der Waals surface area contributed by atoms with Crippen molar-refractivity contribution >= 4 is 17.5 Å². The molecular formula is C23H30N2O3. The summed E-state index contributed by atoms with van der Waals surface area (Å²) in [5.41, 5.74) is 4.25. The number of aryl methyl sites for hydroxylation is 2. The molecule has 0 unspecified atom stereocenters. The van der Waals surface area contributed by atoms with Gasteiger partial charge in [0.2, 0.25) is 5.91 Å². The van der Waals surface area contributed by atoms with Crippen LogP contribution in [0.5, 0.6) is 5.75 Å². The van der Waals surface area contributed by atoms with Crippen LogP contribution in [0.15, 0.2) is 42.5 Å². The molecule has 28 heavy (non-hydrogen) atoms. The number of ether oxygens (including phenoxy) is 1. The fraction of sp³-hybridized carbons (Fsp3) is 0.391. The number of carbonyl (C=O) groups excluding carboxylic acids is 2. The van der Waals surface area contributed by atoms with Crippen molar-refractivity contribution < 1.29 is 14.3 Å². The maximum atomic E-state index is 12.3. The standard InChI is InChI=1S/C23H30N2O3/c1-6-18-9-7-8-10-21(18)24-22(26)14-25(5)23(27)15-28-19-11-12-20(16(2)3)17(4)13-19/h7-13,16H,6,14-15H2,1-5H3,(H,24,26). The number of para-hydroxylation sites is 1. The normalized spacial score (nSPS) is 10.6. The summed E-state index contributed by atoms with van der Waals surface area (Å²) in [6.45, 7) is 8.24. The third kappa shape index (κ3) is 5.84. The van der Waals surface area contributed by atoms with Gasteiger partial charge in [-0.3, -0.25) is 9.59 Å². The summed E-state index contributed by atoms with van der Waals surface area (Å²) >= 11 is 0. The lowest BCUT2D eigenvalue weighted by Gasteiger charge is -2.18. The first-order valence-electron chi connectivity index (χ1n) is 9.66. The highest BCUT2D eigenvalue weighted by molar-refractivity contribution is 5.95. The van der Waals surface area contributed by atoms with Crippen LogP contribution in [0.25, 0.3) is 0 Å². The molecule has 0 fully saturated rings. The average Bonchev–Trinajstić information content (AvgIpc) is 2.66. The van der Waals surface area contributed by atoms with E-state index in [2.05, 4.69) is 19.2 Å². The second kappa shape index (κ2) is 9.93. The van der Waals surface area contributed by atoms with Crippen LogP contribution in [0.2, 0.25) is 0 Å². The molecule has 0 aliphatic heterocycles. The Labute approximate surface area is 167 Å². The number of hydrogen-bond acceptors (Lipinski definition) is 3. The molecule has 0 saturated heterocycles. The summed E-state index contributed by atoms with van der Waals surface area (Å²) < 4.78 is 5.62. The van der Waals surface area contributed by atoms with Crippen LogP contribution in [0.3, 0.4) is 0 Å². The van der Waals surface area contributed by atoms with Crippen molar-refractivity contribution in [3.05, 3.63) is 59.2 Å². The molecule has 0 aliphatic carbocycles. The first-order valence-corrected chi connectivity index (χ1v) is 9.66. The Bertz CT molecular complexity index is 830. The molecule has 150 valence electrons. The lowest BCUT2D eigenvalue weighted by Crippen LogP contribution is -2.37. The molecule has 2 aromatic rings. The van der Waals surface area contributed by atoms with Crippen LogP contribution in [0, 0.1) is 6.92 Å². The molecule has 5 heteroatoms. The maximum Gasteiger partial charge on any atom is 0.260 e. The highest BCUT2D eigenvalue weighted by Gasteiger charge is 2.15. The van der Waals surface area contributed by atoms with Crippen molar-refractivity contribution in [1.29, 1.82) is 0 Å². The summed E-state index contributed by atoms with van der Waals surface area (Å²) in [6, 6.07) is 13.5. The van der Waals surface area contributed by atoms with Gasteiger partial charge in [0.25, 0.3) is 5.91 Å². The Morgan fingerprint density at radius 2 is 1.86 bits per heavy atom. The summed E-state index contributed by atoms with van der Waals surface area (Å²) in [4.78, 5) is 26.0. The Kier molecular flexibility index (Phi) is 7.61. The average molecular weight is 383 g/mol. The van der Waals surface area contributed by atoms with Gasteiger partial charge in [0.05, 0.1) is 6.54 Å². The molecule has 0 spiro atoms. The van der Waals surface area contributed by atoms with Crippen LogP contribution in [0.4, 0.5) is 5.69 Å². The zero-order valence-electron chi connectivity index (χ0n) is 17.4. The third-order valence-corrected chi connectivity index (χ3v) is 4.70. The predicted molar refractivity (Wildman–Crippen MR) is 113 cm³/mol. The minimum absolute atomic E-state index is 0.0223. The van der Waals surface area contributed by atoms with Gasteiger partial charge in [0.15, 0.2) is 6.61 Å². The number of rotatable bonds is 8. The van der Waals surface area contributed by atoms with Crippen LogP contribution < -0.4 is 10.1 Å². The Hall–Kier alpha value is -2.82. The minimum atomic E-state index is -0.246. The van der Waals surface area contributed by atoms with E-state index < -0.39 is 0 Å². The number of amides is 2. The van der Waals surface area contributed by atoms with Gasteiger partial charge in [-0.05, 0) is 54.2 Å². The van der Waals surface area contributed by atoms with Crippen molar-refractivity contribution in [3.63, 3.8) is 0 Å². The number of carbonyl (C=O) groups is 2. The highest BCUT2D eigenvalue weighted by atomic mass is 16.5. The first-order chi connectivity index (χ1) is 13.3. The molecule has 0 heterocycles. The van der Waals surface area contributed by atoms with Crippen LogP contribution in [-0.2, 0) is 16.0 Å². The Morgan fingerprint density at radius 1 is 1.14 bits per heavy atom. The quantitative estimate of drug-likeness (QED) is 0.746. The number of likely N-dealkylation sites (N-methyl/N-ethyl adjacent to an activating group) is 1. The molecule has 0 saturated carbocycles. The van der Waals surface area contributed by atoms with E-state index in [1.807, 2.05) is 56.3 Å². The third-order valence-electron chi connectivity index (χ3n) is 4.70. The van der Waals surface area contributed by atoms with Gasteiger partial charge in [0.1, 0.15) is 5.75 Å². The lowest BCUT2D eigenvalue weighted by atomic mass is 9.98. The van der Waals surface area contributed by atoms with Gasteiger partial charge in [-0.25, -0.2) is 0 Å². The van der Waals surface area contributed by atoms with Gasteiger partial charge in [-0.15, -0.1) is 0 Å². The summed E-state index contributed by atoms with van der Waals surface area (Å²) in [5, 5.41) is 2.87. The minimum Gasteiger partial charge on any atom is -0.484 e. The molecule has 0 bridgehead atoms. The number of hydrogen-bond donors (Lipinski definition) is 1. The van der Waals surface area contributed by atoms with Crippen LogP contribution in [0.1, 0.15) is 43.4 Å². The zero-order valence-corrected chi connectivity index (χ0v) is 17.4. The molecule has 2 amide bonds. The summed E-state index contributed by atoms with van der Waals surface area (Å²) in [5.74, 6) is 0.626. The smallest absolute Gasteiger partial charge is 0.260 e. The van der Waals surface area contributed by atoms with Gasteiger partial charge in [0, 0.05) is 12.7 Å². The number of nitrogens with zero attached hydrogens (tertiary/aromatic N) is 1. The van der Waals surface area contributed by atoms with E-state index in [1.54, 1.807) is 7.05 Å². The van der Waals surface area contributed by atoms with E-state index in [4.69, 9.17) is 4.74 Å². The molecule has 0 aromatic heterocycles. The van der Waals surface area contributed by atoms with Gasteiger partial charge < -0.3 is 15.0 Å². The zero-order chi connectivity index (χ0) is 20.7. The van der Waals surface area contributed by atoms with Crippen molar-refractivity contribution in [2.24, 2.45) is 0 Å². The fourth-order valence-electron chi connectivity index (χ4n) is 3.08. The van der Waals surface area contributed by atoms with Gasteiger partial charge in [-0.1, -0.05) is 45.0 Å². The molecule has 5 nitrogen and oxygen atoms in total. The van der Waals surface area contributed by atoms with E-state index in [0.29, 0.717) is 11.7 Å². The molecular weight excluding hydrogens is 352 g/mol. The van der Waals surface area contributed by atoms with Crippen molar-refractivity contribution in [2.45, 2.75) is 40.0 Å². The number of benzene rings is 2. The molecule has 1 N–H and O–H groups in total. The van der Waals surface area contributed by atoms with Crippen LogP contribution in [-0.4, -0.2) is 36.9 Å². The maximum absolute atomic E-state index is 12.3. The molecule has 0 aliphatic rings. The predicted octanol–water partition coefficient (Wildman–Crippen LogP) is 4.16. The van der Waals surface area contributed by atoms with Gasteiger partial charge >= 0.3 is 0 Å². The first kappa shape index (κ1) is 21.5. The molecule has 2 aromatic carbocycles. The van der Waals surface area contributed by atoms with E-state index in [9.17, 15) is 9.59 Å². The summed E-state index contributed by atoms with van der Waals surface area (Å²) in [6.07, 6.45) is 0.827. The van der Waals surface area contributed by atoms with E-state index in [1.165, 1.54) is 10.5 Å². The van der Waals surface area contributed by atoms with Gasteiger partial charge in [-0.2, -0.15) is 0 Å². The second-order valence-corrected chi connectivity index (χ2v) is 7.27. The number of nitrogens with one attached hydrogen (secondary N) is 1. The highest BCUT2D eigenvalue weighted by Crippen LogP contribution is 2.23. The lowest BCUT2D eigenvalue weighted by molar-refractivity contribution is -0.135. The second-order valence-electron chi connectivity index (χ2n) is 7.27. The fourth-order valence-corrected chi connectivity index (χ4v) is 3.08. The van der Waals surface area contributed by atoms with E-state index in [0.717, 1.165) is 23.2 Å². The molecule has 0 atom stereocenters. The summed E-state index contributed by atoms with van der Waals surface area (Å²) in [7, 11) is 1.60.